The van der Waals surface area contributed by atoms with Crippen molar-refractivity contribution in [3.8, 4) is 5.75 Å². The first-order valence-corrected chi connectivity index (χ1v) is 7.56. The van der Waals surface area contributed by atoms with E-state index in [0.29, 0.717) is 17.2 Å². The van der Waals surface area contributed by atoms with Gasteiger partial charge in [0.15, 0.2) is 6.61 Å². The Morgan fingerprint density at radius 3 is 2.88 bits per heavy atom. The summed E-state index contributed by atoms with van der Waals surface area (Å²) < 4.78 is 10.5. The van der Waals surface area contributed by atoms with Crippen LogP contribution in [-0.2, 0) is 11.2 Å². The van der Waals surface area contributed by atoms with Gasteiger partial charge in [-0.25, -0.2) is 9.78 Å². The molecule has 0 bridgehead atoms. The van der Waals surface area contributed by atoms with Crippen LogP contribution in [0.4, 0.5) is 5.82 Å². The van der Waals surface area contributed by atoms with Crippen LogP contribution in [0.25, 0.3) is 11.0 Å². The summed E-state index contributed by atoms with van der Waals surface area (Å²) in [4.78, 5) is 27.5. The fourth-order valence-corrected chi connectivity index (χ4v) is 2.20. The average Bonchev–Trinajstić information content (AvgIpc) is 2.59. The van der Waals surface area contributed by atoms with Crippen LogP contribution < -0.4 is 15.7 Å². The molecule has 0 fully saturated rings. The predicted molar refractivity (Wildman–Crippen MR) is 90.2 cm³/mol. The Bertz CT molecular complexity index is 933. The van der Waals surface area contributed by atoms with Crippen LogP contribution in [0.3, 0.4) is 0 Å². The van der Waals surface area contributed by atoms with Crippen molar-refractivity contribution < 1.29 is 13.9 Å². The third kappa shape index (κ3) is 3.78. The van der Waals surface area contributed by atoms with E-state index in [4.69, 9.17) is 9.15 Å². The number of amides is 1. The summed E-state index contributed by atoms with van der Waals surface area (Å²) >= 11 is 0. The van der Waals surface area contributed by atoms with E-state index >= 15 is 0 Å². The van der Waals surface area contributed by atoms with Gasteiger partial charge in [0.1, 0.15) is 17.2 Å². The average molecular weight is 324 g/mol. The summed E-state index contributed by atoms with van der Waals surface area (Å²) in [6.45, 7) is 1.83. The van der Waals surface area contributed by atoms with Gasteiger partial charge in [-0.1, -0.05) is 13.0 Å². The Kier molecular flexibility index (Phi) is 4.56. The number of anilines is 1. The Morgan fingerprint density at radius 1 is 1.21 bits per heavy atom. The summed E-state index contributed by atoms with van der Waals surface area (Å²) in [7, 11) is 0. The van der Waals surface area contributed by atoms with E-state index in [2.05, 4.69) is 10.3 Å². The van der Waals surface area contributed by atoms with Crippen molar-refractivity contribution in [2.75, 3.05) is 11.9 Å². The Morgan fingerprint density at radius 2 is 2.04 bits per heavy atom. The van der Waals surface area contributed by atoms with Crippen LogP contribution in [0.15, 0.2) is 57.7 Å². The van der Waals surface area contributed by atoms with Crippen LogP contribution in [0.5, 0.6) is 5.75 Å². The lowest BCUT2D eigenvalue weighted by molar-refractivity contribution is -0.118. The van der Waals surface area contributed by atoms with Crippen molar-refractivity contribution in [3.63, 3.8) is 0 Å². The van der Waals surface area contributed by atoms with E-state index in [1.165, 1.54) is 6.07 Å². The maximum absolute atomic E-state index is 12.0. The summed E-state index contributed by atoms with van der Waals surface area (Å²) in [5.41, 5.74) is 0.885. The minimum absolute atomic E-state index is 0.166. The largest absolute Gasteiger partial charge is 0.484 e. The molecule has 0 unspecified atom stereocenters. The molecule has 122 valence electrons. The van der Waals surface area contributed by atoms with Crippen molar-refractivity contribution in [1.82, 2.24) is 4.98 Å². The van der Waals surface area contributed by atoms with Gasteiger partial charge in [-0.05, 0) is 36.8 Å². The zero-order chi connectivity index (χ0) is 16.9. The summed E-state index contributed by atoms with van der Waals surface area (Å²) in [5, 5.41) is 3.47. The molecule has 1 aromatic carbocycles. The molecule has 0 aliphatic heterocycles. The number of pyridine rings is 1. The summed E-state index contributed by atoms with van der Waals surface area (Å²) in [6, 6.07) is 13.5. The fraction of sp³-hybridized carbons (Fsp3) is 0.167. The first-order chi connectivity index (χ1) is 11.6. The third-order valence-corrected chi connectivity index (χ3v) is 3.40. The van der Waals surface area contributed by atoms with Gasteiger partial charge in [-0.3, -0.25) is 4.79 Å². The second-order valence-corrected chi connectivity index (χ2v) is 5.16. The lowest BCUT2D eigenvalue weighted by Crippen LogP contribution is -2.20. The Labute approximate surface area is 138 Å². The van der Waals surface area contributed by atoms with Gasteiger partial charge in [0, 0.05) is 23.2 Å². The highest BCUT2D eigenvalue weighted by atomic mass is 16.5. The molecule has 0 aliphatic rings. The molecule has 0 saturated heterocycles. The zero-order valence-corrected chi connectivity index (χ0v) is 13.1. The van der Waals surface area contributed by atoms with Crippen LogP contribution in [0.1, 0.15) is 12.6 Å². The van der Waals surface area contributed by atoms with Crippen LogP contribution in [0.2, 0.25) is 0 Å². The number of hydrogen-bond donors (Lipinski definition) is 1. The minimum atomic E-state index is -0.431. The number of aryl methyl sites for hydroxylation is 1. The van der Waals surface area contributed by atoms with Crippen LogP contribution in [0, 0.1) is 0 Å². The highest BCUT2D eigenvalue weighted by Crippen LogP contribution is 2.19. The van der Waals surface area contributed by atoms with E-state index < -0.39 is 5.63 Å². The lowest BCUT2D eigenvalue weighted by Gasteiger charge is -2.08. The molecule has 0 atom stereocenters. The predicted octanol–water partition coefficient (Wildman–Crippen LogP) is 2.77. The molecule has 6 heteroatoms. The molecular weight excluding hydrogens is 308 g/mol. The number of aromatic nitrogens is 1. The van der Waals surface area contributed by atoms with E-state index in [-0.39, 0.29) is 12.5 Å². The zero-order valence-electron chi connectivity index (χ0n) is 13.1. The van der Waals surface area contributed by atoms with Crippen molar-refractivity contribution >= 4 is 22.7 Å². The number of fused-ring (bicyclic) bond motifs is 1. The standard InChI is InChI=1S/C18H16N2O4/c1-2-13-4-3-5-16(19-13)20-17(21)11-23-14-8-6-12-7-9-18(22)24-15(12)10-14/h3-10H,2,11H2,1H3,(H,19,20,21). The number of ether oxygens (including phenoxy) is 1. The topological polar surface area (TPSA) is 81.4 Å². The highest BCUT2D eigenvalue weighted by Gasteiger charge is 2.06. The van der Waals surface area contributed by atoms with E-state index in [0.717, 1.165) is 17.5 Å². The molecular formula is C18H16N2O4. The molecule has 2 aromatic heterocycles. The smallest absolute Gasteiger partial charge is 0.336 e. The third-order valence-electron chi connectivity index (χ3n) is 3.40. The number of carbonyl (C=O) groups excluding carboxylic acids is 1. The normalized spacial score (nSPS) is 10.5. The molecule has 0 spiro atoms. The maximum atomic E-state index is 12.0. The van der Waals surface area contributed by atoms with E-state index in [1.807, 2.05) is 19.1 Å². The molecule has 24 heavy (non-hydrogen) atoms. The minimum Gasteiger partial charge on any atom is -0.484 e. The molecule has 6 nitrogen and oxygen atoms in total. The first-order valence-electron chi connectivity index (χ1n) is 7.56. The Hall–Kier alpha value is -3.15. The van der Waals surface area contributed by atoms with Gasteiger partial charge >= 0.3 is 5.63 Å². The molecule has 2 heterocycles. The highest BCUT2D eigenvalue weighted by molar-refractivity contribution is 5.91. The van der Waals surface area contributed by atoms with Gasteiger partial charge in [-0.15, -0.1) is 0 Å². The second-order valence-electron chi connectivity index (χ2n) is 5.16. The second kappa shape index (κ2) is 6.95. The van der Waals surface area contributed by atoms with Crippen molar-refractivity contribution in [2.24, 2.45) is 0 Å². The molecule has 1 amide bonds. The number of nitrogens with one attached hydrogen (secondary N) is 1. The van der Waals surface area contributed by atoms with E-state index in [1.54, 1.807) is 30.3 Å². The van der Waals surface area contributed by atoms with Crippen molar-refractivity contribution in [2.45, 2.75) is 13.3 Å². The molecule has 0 radical (unpaired) electrons. The molecule has 3 aromatic rings. The quantitative estimate of drug-likeness (QED) is 0.730. The van der Waals surface area contributed by atoms with Gasteiger partial charge in [0.25, 0.3) is 5.91 Å². The SMILES string of the molecule is CCc1cccc(NC(=O)COc2ccc3ccc(=O)oc3c2)n1. The van der Waals surface area contributed by atoms with Crippen molar-refractivity contribution in [3.05, 3.63) is 64.6 Å². The number of rotatable bonds is 5. The van der Waals surface area contributed by atoms with Gasteiger partial charge in [-0.2, -0.15) is 0 Å². The fourth-order valence-electron chi connectivity index (χ4n) is 2.20. The number of nitrogens with zero attached hydrogens (tertiary/aromatic N) is 1. The molecule has 3 rings (SSSR count). The van der Waals surface area contributed by atoms with Gasteiger partial charge in [0.2, 0.25) is 0 Å². The maximum Gasteiger partial charge on any atom is 0.336 e. The first kappa shape index (κ1) is 15.7. The summed E-state index contributed by atoms with van der Waals surface area (Å²) in [6.07, 6.45) is 0.794. The Balaban J connectivity index is 1.64. The lowest BCUT2D eigenvalue weighted by atomic mass is 10.2. The van der Waals surface area contributed by atoms with Gasteiger partial charge < -0.3 is 14.5 Å². The summed E-state index contributed by atoms with van der Waals surface area (Å²) in [5.74, 6) is 0.625. The van der Waals surface area contributed by atoms with Crippen LogP contribution in [-0.4, -0.2) is 17.5 Å². The molecule has 0 saturated carbocycles. The van der Waals surface area contributed by atoms with Crippen LogP contribution >= 0.6 is 0 Å². The molecule has 1 N–H and O–H groups in total. The number of benzene rings is 1. The monoisotopic (exact) mass is 324 g/mol. The number of carbonyl (C=O) groups is 1. The van der Waals surface area contributed by atoms with E-state index in [9.17, 15) is 9.59 Å². The molecule has 0 aliphatic carbocycles. The van der Waals surface area contributed by atoms with Crippen molar-refractivity contribution in [1.29, 1.82) is 0 Å². The number of hydrogen-bond acceptors (Lipinski definition) is 5. The van der Waals surface area contributed by atoms with Gasteiger partial charge in [0.05, 0.1) is 0 Å².